The van der Waals surface area contributed by atoms with Gasteiger partial charge in [-0.3, -0.25) is 4.79 Å². The standard InChI is InChI=1S/C17H23NO6/c1-20-10-12-16(22-3)15(21-2)9-18(12)17(19)11-4-5-13-14(8-11)24-7-6-23-13/h4-5,8,12,15-16H,6-7,9-10H2,1-3H3/t12-,15+,16-/m1/s1. The van der Waals surface area contributed by atoms with E-state index in [1.165, 1.54) is 0 Å². The van der Waals surface area contributed by atoms with Crippen molar-refractivity contribution in [2.45, 2.75) is 18.2 Å². The summed E-state index contributed by atoms with van der Waals surface area (Å²) in [6.45, 7) is 1.84. The molecule has 1 fully saturated rings. The number of benzene rings is 1. The zero-order valence-electron chi connectivity index (χ0n) is 14.2. The van der Waals surface area contributed by atoms with Crippen LogP contribution in [0.4, 0.5) is 0 Å². The molecule has 0 N–H and O–H groups in total. The average Bonchev–Trinajstić information content (AvgIpc) is 2.98. The van der Waals surface area contributed by atoms with E-state index >= 15 is 0 Å². The molecule has 0 spiro atoms. The predicted octanol–water partition coefficient (Wildman–Crippen LogP) is 0.959. The number of carbonyl (C=O) groups excluding carboxylic acids is 1. The van der Waals surface area contributed by atoms with Crippen molar-refractivity contribution in [2.24, 2.45) is 0 Å². The molecule has 2 heterocycles. The van der Waals surface area contributed by atoms with Crippen molar-refractivity contribution in [3.63, 3.8) is 0 Å². The SMILES string of the molecule is COC[C@@H]1[C@@H](OC)[C@@H](OC)CN1C(=O)c1ccc2c(c1)OCCO2. The third kappa shape index (κ3) is 3.07. The lowest BCUT2D eigenvalue weighted by atomic mass is 10.1. The lowest BCUT2D eigenvalue weighted by Crippen LogP contribution is -2.43. The molecular weight excluding hydrogens is 314 g/mol. The van der Waals surface area contributed by atoms with Gasteiger partial charge >= 0.3 is 0 Å². The van der Waals surface area contributed by atoms with Crippen molar-refractivity contribution in [1.29, 1.82) is 0 Å². The van der Waals surface area contributed by atoms with Crippen molar-refractivity contribution >= 4 is 5.91 Å². The summed E-state index contributed by atoms with van der Waals surface area (Å²) in [5.74, 6) is 1.16. The van der Waals surface area contributed by atoms with Crippen LogP contribution in [0.1, 0.15) is 10.4 Å². The van der Waals surface area contributed by atoms with Gasteiger partial charge in [0.2, 0.25) is 0 Å². The highest BCUT2D eigenvalue weighted by molar-refractivity contribution is 5.95. The molecule has 0 bridgehead atoms. The summed E-state index contributed by atoms with van der Waals surface area (Å²) in [6, 6.07) is 5.04. The van der Waals surface area contributed by atoms with Crippen LogP contribution in [-0.4, -0.2) is 76.8 Å². The molecule has 7 heteroatoms. The largest absolute Gasteiger partial charge is 0.486 e. The second-order valence-corrected chi connectivity index (χ2v) is 5.81. The molecule has 0 saturated carbocycles. The molecule has 24 heavy (non-hydrogen) atoms. The lowest BCUT2D eigenvalue weighted by molar-refractivity contribution is -0.0311. The number of rotatable bonds is 5. The number of amides is 1. The van der Waals surface area contributed by atoms with Crippen LogP contribution >= 0.6 is 0 Å². The Morgan fingerprint density at radius 2 is 1.92 bits per heavy atom. The minimum atomic E-state index is -0.226. The van der Waals surface area contributed by atoms with Gasteiger partial charge in [-0.2, -0.15) is 0 Å². The molecule has 132 valence electrons. The number of carbonyl (C=O) groups is 1. The number of ether oxygens (including phenoxy) is 5. The monoisotopic (exact) mass is 337 g/mol. The Morgan fingerprint density at radius 3 is 2.58 bits per heavy atom. The smallest absolute Gasteiger partial charge is 0.254 e. The van der Waals surface area contributed by atoms with Gasteiger partial charge in [0.1, 0.15) is 25.4 Å². The Bertz CT molecular complexity index is 592. The number of hydrogen-bond donors (Lipinski definition) is 0. The molecule has 1 amide bonds. The number of methoxy groups -OCH3 is 3. The Kier molecular flexibility index (Phi) is 5.23. The van der Waals surface area contributed by atoms with Crippen LogP contribution in [0.3, 0.4) is 0 Å². The second kappa shape index (κ2) is 7.38. The summed E-state index contributed by atoms with van der Waals surface area (Å²) in [5.41, 5.74) is 0.548. The first-order valence-corrected chi connectivity index (χ1v) is 7.94. The maximum Gasteiger partial charge on any atom is 0.254 e. The highest BCUT2D eigenvalue weighted by Crippen LogP contribution is 2.32. The maximum absolute atomic E-state index is 13.0. The molecule has 3 atom stereocenters. The minimum absolute atomic E-state index is 0.101. The summed E-state index contributed by atoms with van der Waals surface area (Å²) in [4.78, 5) is 14.8. The fraction of sp³-hybridized carbons (Fsp3) is 0.588. The van der Waals surface area contributed by atoms with Gasteiger partial charge in [-0.05, 0) is 18.2 Å². The van der Waals surface area contributed by atoms with Crippen LogP contribution in [0.25, 0.3) is 0 Å². The van der Waals surface area contributed by atoms with E-state index in [-0.39, 0.29) is 24.2 Å². The summed E-state index contributed by atoms with van der Waals surface area (Å²) in [6.07, 6.45) is -0.410. The molecule has 3 rings (SSSR count). The van der Waals surface area contributed by atoms with Gasteiger partial charge in [0, 0.05) is 26.9 Å². The first kappa shape index (κ1) is 17.0. The van der Waals surface area contributed by atoms with E-state index in [0.717, 1.165) is 0 Å². The van der Waals surface area contributed by atoms with Gasteiger partial charge in [-0.1, -0.05) is 0 Å². The van der Waals surface area contributed by atoms with E-state index in [0.29, 0.717) is 43.4 Å². The quantitative estimate of drug-likeness (QED) is 0.797. The number of likely N-dealkylation sites (tertiary alicyclic amines) is 1. The van der Waals surface area contributed by atoms with Crippen molar-refractivity contribution in [2.75, 3.05) is 47.7 Å². The van der Waals surface area contributed by atoms with Gasteiger partial charge in [0.05, 0.1) is 19.2 Å². The molecule has 1 saturated heterocycles. The maximum atomic E-state index is 13.0. The molecule has 7 nitrogen and oxygen atoms in total. The summed E-state index contributed by atoms with van der Waals surface area (Å²) < 4.78 is 27.4. The van der Waals surface area contributed by atoms with E-state index < -0.39 is 0 Å². The second-order valence-electron chi connectivity index (χ2n) is 5.81. The van der Waals surface area contributed by atoms with Crippen LogP contribution in [-0.2, 0) is 14.2 Å². The van der Waals surface area contributed by atoms with Crippen LogP contribution in [0.2, 0.25) is 0 Å². The van der Waals surface area contributed by atoms with Crippen LogP contribution < -0.4 is 9.47 Å². The third-order valence-corrected chi connectivity index (χ3v) is 4.48. The van der Waals surface area contributed by atoms with E-state index in [2.05, 4.69) is 0 Å². The topological polar surface area (TPSA) is 66.5 Å². The molecule has 0 unspecified atom stereocenters. The Morgan fingerprint density at radius 1 is 1.17 bits per heavy atom. The molecule has 2 aliphatic heterocycles. The van der Waals surface area contributed by atoms with E-state index in [1.54, 1.807) is 44.4 Å². The summed E-state index contributed by atoms with van der Waals surface area (Å²) in [5, 5.41) is 0. The van der Waals surface area contributed by atoms with Gasteiger partial charge in [-0.15, -0.1) is 0 Å². The van der Waals surface area contributed by atoms with Crippen LogP contribution in [0, 0.1) is 0 Å². The zero-order chi connectivity index (χ0) is 17.1. The van der Waals surface area contributed by atoms with Gasteiger partial charge in [0.25, 0.3) is 5.91 Å². The predicted molar refractivity (Wildman–Crippen MR) is 85.7 cm³/mol. The Hall–Kier alpha value is -1.83. The molecule has 0 aromatic heterocycles. The summed E-state index contributed by atoms with van der Waals surface area (Å²) >= 11 is 0. The third-order valence-electron chi connectivity index (χ3n) is 4.48. The van der Waals surface area contributed by atoms with Gasteiger partial charge in [-0.25, -0.2) is 0 Å². The molecule has 0 radical (unpaired) electrons. The van der Waals surface area contributed by atoms with Crippen molar-refractivity contribution in [3.05, 3.63) is 23.8 Å². The van der Waals surface area contributed by atoms with Crippen LogP contribution in [0.15, 0.2) is 18.2 Å². The van der Waals surface area contributed by atoms with E-state index in [4.69, 9.17) is 23.7 Å². The van der Waals surface area contributed by atoms with Gasteiger partial charge < -0.3 is 28.6 Å². The molecule has 1 aromatic rings. The average molecular weight is 337 g/mol. The lowest BCUT2D eigenvalue weighted by Gasteiger charge is -2.27. The Labute approximate surface area is 141 Å². The summed E-state index contributed by atoms with van der Waals surface area (Å²) in [7, 11) is 4.86. The molecule has 0 aliphatic carbocycles. The van der Waals surface area contributed by atoms with Crippen LogP contribution in [0.5, 0.6) is 11.5 Å². The highest BCUT2D eigenvalue weighted by atomic mass is 16.6. The Balaban J connectivity index is 1.84. The molecular formula is C17H23NO6. The highest BCUT2D eigenvalue weighted by Gasteiger charge is 2.44. The molecule has 2 aliphatic rings. The fourth-order valence-electron chi connectivity index (χ4n) is 3.31. The van der Waals surface area contributed by atoms with Crippen molar-refractivity contribution in [3.8, 4) is 11.5 Å². The zero-order valence-corrected chi connectivity index (χ0v) is 14.2. The van der Waals surface area contributed by atoms with Gasteiger partial charge in [0.15, 0.2) is 11.5 Å². The normalized spacial score (nSPS) is 25.8. The van der Waals surface area contributed by atoms with E-state index in [9.17, 15) is 4.79 Å². The van der Waals surface area contributed by atoms with Crippen molar-refractivity contribution in [1.82, 2.24) is 4.90 Å². The van der Waals surface area contributed by atoms with E-state index in [1.807, 2.05) is 0 Å². The number of fused-ring (bicyclic) bond motifs is 1. The minimum Gasteiger partial charge on any atom is -0.486 e. The number of hydrogen-bond acceptors (Lipinski definition) is 6. The fourth-order valence-corrected chi connectivity index (χ4v) is 3.31. The molecule has 1 aromatic carbocycles. The first-order valence-electron chi connectivity index (χ1n) is 7.94. The number of nitrogens with zero attached hydrogens (tertiary/aromatic N) is 1. The first-order chi connectivity index (χ1) is 11.7. The van der Waals surface area contributed by atoms with Crippen molar-refractivity contribution < 1.29 is 28.5 Å².